The molecule has 0 radical (unpaired) electrons. The van der Waals surface area contributed by atoms with E-state index in [1.165, 1.54) is 31.6 Å². The van der Waals surface area contributed by atoms with Crippen molar-refractivity contribution in [3.63, 3.8) is 0 Å². The van der Waals surface area contributed by atoms with Gasteiger partial charge in [0.25, 0.3) is 0 Å². The lowest BCUT2D eigenvalue weighted by atomic mass is 9.90. The Hall–Kier alpha value is -0.890. The fourth-order valence-electron chi connectivity index (χ4n) is 2.60. The van der Waals surface area contributed by atoms with E-state index in [0.29, 0.717) is 12.0 Å². The highest BCUT2D eigenvalue weighted by atomic mass is 15.1. The summed E-state index contributed by atoms with van der Waals surface area (Å²) >= 11 is 0. The van der Waals surface area contributed by atoms with Gasteiger partial charge in [0.15, 0.2) is 0 Å². The third-order valence-electron chi connectivity index (χ3n) is 3.73. The molecule has 0 N–H and O–H groups in total. The Morgan fingerprint density at radius 2 is 2.12 bits per heavy atom. The second-order valence-corrected chi connectivity index (χ2v) is 5.04. The molecule has 1 saturated heterocycles. The molecule has 2 aliphatic heterocycles. The van der Waals surface area contributed by atoms with Gasteiger partial charge in [-0.15, -0.1) is 0 Å². The number of hydrogen-bond acceptors (Lipinski definition) is 2. The second kappa shape index (κ2) is 4.96. The molecule has 0 atom stereocenters. The summed E-state index contributed by atoms with van der Waals surface area (Å²) in [6.45, 7) is 10.8. The number of allylic oxidation sites excluding steroid dienone is 2. The molecule has 0 spiro atoms. The van der Waals surface area contributed by atoms with Crippen LogP contribution < -0.4 is 0 Å². The predicted octanol–water partition coefficient (Wildman–Crippen LogP) is 3.02. The Balaban J connectivity index is 1.89. The number of aliphatic imine (C=N–C) groups is 1. The quantitative estimate of drug-likeness (QED) is 0.711. The van der Waals surface area contributed by atoms with Gasteiger partial charge in [0, 0.05) is 24.1 Å². The minimum absolute atomic E-state index is 0.688. The first-order valence-electron chi connectivity index (χ1n) is 6.35. The maximum atomic E-state index is 4.64. The van der Waals surface area contributed by atoms with Crippen LogP contribution in [0, 0.1) is 5.92 Å². The van der Waals surface area contributed by atoms with Crippen molar-refractivity contribution in [2.75, 3.05) is 13.1 Å². The number of likely N-dealkylation sites (tertiary alicyclic amines) is 1. The third kappa shape index (κ3) is 2.43. The standard InChI is InChI=1S/C14H22N2/c1-4-13-5-6-14(15-13)12-7-9-16(10-8-12)11(2)3/h4-5,11-12H,1,6-10H2,2-3H3. The smallest absolute Gasteiger partial charge is 0.0587 e. The van der Waals surface area contributed by atoms with Gasteiger partial charge in [-0.05, 0) is 45.9 Å². The summed E-state index contributed by atoms with van der Waals surface area (Å²) in [5.41, 5.74) is 2.46. The zero-order chi connectivity index (χ0) is 11.5. The number of nitrogens with zero attached hydrogens (tertiary/aromatic N) is 2. The molecule has 2 nitrogen and oxygen atoms in total. The maximum absolute atomic E-state index is 4.64. The van der Waals surface area contributed by atoms with Crippen LogP contribution in [-0.2, 0) is 0 Å². The van der Waals surface area contributed by atoms with E-state index in [1.807, 2.05) is 6.08 Å². The van der Waals surface area contributed by atoms with Gasteiger partial charge in [0.1, 0.15) is 0 Å². The Bertz CT molecular complexity index is 318. The molecule has 0 aromatic rings. The molecule has 0 unspecified atom stereocenters. The largest absolute Gasteiger partial charge is 0.301 e. The van der Waals surface area contributed by atoms with Gasteiger partial charge in [-0.1, -0.05) is 12.7 Å². The summed E-state index contributed by atoms with van der Waals surface area (Å²) in [4.78, 5) is 7.20. The van der Waals surface area contributed by atoms with E-state index in [4.69, 9.17) is 0 Å². The summed E-state index contributed by atoms with van der Waals surface area (Å²) < 4.78 is 0. The van der Waals surface area contributed by atoms with E-state index in [-0.39, 0.29) is 0 Å². The van der Waals surface area contributed by atoms with E-state index in [1.54, 1.807) is 0 Å². The molecule has 0 aliphatic carbocycles. The van der Waals surface area contributed by atoms with E-state index >= 15 is 0 Å². The van der Waals surface area contributed by atoms with E-state index in [0.717, 1.165) is 12.1 Å². The van der Waals surface area contributed by atoms with E-state index < -0.39 is 0 Å². The number of hydrogen-bond donors (Lipinski definition) is 0. The summed E-state index contributed by atoms with van der Waals surface area (Å²) in [6.07, 6.45) is 7.64. The zero-order valence-corrected chi connectivity index (χ0v) is 10.4. The average molecular weight is 218 g/mol. The van der Waals surface area contributed by atoms with Gasteiger partial charge >= 0.3 is 0 Å². The van der Waals surface area contributed by atoms with Gasteiger partial charge in [-0.3, -0.25) is 4.99 Å². The Kier molecular flexibility index (Phi) is 3.59. The average Bonchev–Trinajstić information content (AvgIpc) is 2.77. The minimum Gasteiger partial charge on any atom is -0.301 e. The van der Waals surface area contributed by atoms with Crippen LogP contribution >= 0.6 is 0 Å². The first-order valence-corrected chi connectivity index (χ1v) is 6.35. The van der Waals surface area contributed by atoms with Gasteiger partial charge in [-0.2, -0.15) is 0 Å². The maximum Gasteiger partial charge on any atom is 0.0587 e. The lowest BCUT2D eigenvalue weighted by molar-refractivity contribution is 0.169. The van der Waals surface area contributed by atoms with Crippen molar-refractivity contribution < 1.29 is 0 Å². The molecule has 0 bridgehead atoms. The zero-order valence-electron chi connectivity index (χ0n) is 10.4. The molecule has 0 aromatic heterocycles. The minimum atomic E-state index is 0.688. The van der Waals surface area contributed by atoms with Crippen LogP contribution in [0.1, 0.15) is 33.1 Å². The molecule has 2 heteroatoms. The normalized spacial score (nSPS) is 23.4. The third-order valence-corrected chi connectivity index (χ3v) is 3.73. The van der Waals surface area contributed by atoms with Gasteiger partial charge in [0.2, 0.25) is 0 Å². The van der Waals surface area contributed by atoms with Crippen molar-refractivity contribution in [2.45, 2.75) is 39.2 Å². The van der Waals surface area contributed by atoms with Crippen LogP contribution in [0.5, 0.6) is 0 Å². The highest BCUT2D eigenvalue weighted by Crippen LogP contribution is 2.25. The summed E-state index contributed by atoms with van der Waals surface area (Å²) in [5.74, 6) is 0.712. The van der Waals surface area contributed by atoms with E-state index in [9.17, 15) is 0 Å². The van der Waals surface area contributed by atoms with Crippen molar-refractivity contribution in [3.05, 3.63) is 24.4 Å². The predicted molar refractivity (Wildman–Crippen MR) is 69.8 cm³/mol. The summed E-state index contributed by atoms with van der Waals surface area (Å²) in [6, 6.07) is 0.688. The first kappa shape index (κ1) is 11.6. The molecule has 2 rings (SSSR count). The summed E-state index contributed by atoms with van der Waals surface area (Å²) in [5, 5.41) is 0. The Morgan fingerprint density at radius 3 is 2.62 bits per heavy atom. The first-order chi connectivity index (χ1) is 7.70. The molecule has 0 aromatic carbocycles. The second-order valence-electron chi connectivity index (χ2n) is 5.04. The van der Waals surface area contributed by atoms with E-state index in [2.05, 4.69) is 36.4 Å². The van der Waals surface area contributed by atoms with Crippen molar-refractivity contribution in [3.8, 4) is 0 Å². The van der Waals surface area contributed by atoms with Crippen LogP contribution in [0.2, 0.25) is 0 Å². The monoisotopic (exact) mass is 218 g/mol. The molecule has 88 valence electrons. The van der Waals surface area contributed by atoms with Gasteiger partial charge < -0.3 is 4.90 Å². The van der Waals surface area contributed by atoms with Crippen LogP contribution in [-0.4, -0.2) is 29.7 Å². The molecule has 0 saturated carbocycles. The highest BCUT2D eigenvalue weighted by molar-refractivity contribution is 5.91. The number of piperidine rings is 1. The molecule has 0 amide bonds. The Morgan fingerprint density at radius 1 is 1.44 bits per heavy atom. The van der Waals surface area contributed by atoms with Crippen molar-refractivity contribution >= 4 is 5.71 Å². The lowest BCUT2D eigenvalue weighted by Crippen LogP contribution is -2.40. The van der Waals surface area contributed by atoms with Crippen LogP contribution in [0.15, 0.2) is 29.4 Å². The van der Waals surface area contributed by atoms with Crippen molar-refractivity contribution in [1.82, 2.24) is 4.90 Å². The fraction of sp³-hybridized carbons (Fsp3) is 0.643. The molecular formula is C14H22N2. The van der Waals surface area contributed by atoms with Crippen molar-refractivity contribution in [1.29, 1.82) is 0 Å². The molecular weight excluding hydrogens is 196 g/mol. The van der Waals surface area contributed by atoms with Crippen LogP contribution in [0.25, 0.3) is 0 Å². The SMILES string of the molecule is C=CC1=CCC(C2CCN(C(C)C)CC2)=N1. The van der Waals surface area contributed by atoms with Crippen LogP contribution in [0.3, 0.4) is 0 Å². The van der Waals surface area contributed by atoms with Crippen LogP contribution in [0.4, 0.5) is 0 Å². The topological polar surface area (TPSA) is 15.6 Å². The highest BCUT2D eigenvalue weighted by Gasteiger charge is 2.25. The lowest BCUT2D eigenvalue weighted by Gasteiger charge is -2.34. The molecule has 1 fully saturated rings. The number of rotatable bonds is 3. The van der Waals surface area contributed by atoms with Crippen molar-refractivity contribution in [2.24, 2.45) is 10.9 Å². The molecule has 2 heterocycles. The molecule has 2 aliphatic rings. The van der Waals surface area contributed by atoms with Gasteiger partial charge in [-0.25, -0.2) is 0 Å². The summed E-state index contributed by atoms with van der Waals surface area (Å²) in [7, 11) is 0. The Labute approximate surface area is 98.7 Å². The van der Waals surface area contributed by atoms with Gasteiger partial charge in [0.05, 0.1) is 5.70 Å². The fourth-order valence-corrected chi connectivity index (χ4v) is 2.60. The molecule has 16 heavy (non-hydrogen) atoms.